The van der Waals surface area contributed by atoms with Gasteiger partial charge in [-0.15, -0.1) is 0 Å². The molecule has 5 nitrogen and oxygen atoms in total. The Bertz CT molecular complexity index is 385. The SMILES string of the molecule is COc1cc(C=O)c(C(OC)OC)cc1OC. The normalized spacial score (nSPS) is 10.4. The van der Waals surface area contributed by atoms with Crippen LogP contribution < -0.4 is 9.47 Å². The van der Waals surface area contributed by atoms with Gasteiger partial charge in [0, 0.05) is 25.3 Å². The Balaban J connectivity index is 3.32. The maximum atomic E-state index is 11.0. The first-order chi connectivity index (χ1) is 8.21. The summed E-state index contributed by atoms with van der Waals surface area (Å²) in [7, 11) is 6.03. The number of aldehydes is 1. The smallest absolute Gasteiger partial charge is 0.183 e. The fourth-order valence-electron chi connectivity index (χ4n) is 1.57. The van der Waals surface area contributed by atoms with Gasteiger partial charge in [-0.25, -0.2) is 0 Å². The number of benzene rings is 1. The van der Waals surface area contributed by atoms with Crippen molar-refractivity contribution >= 4 is 6.29 Å². The molecule has 0 aliphatic heterocycles. The van der Waals surface area contributed by atoms with E-state index in [0.717, 1.165) is 6.29 Å². The van der Waals surface area contributed by atoms with Crippen LogP contribution in [-0.4, -0.2) is 34.7 Å². The summed E-state index contributed by atoms with van der Waals surface area (Å²) in [6.07, 6.45) is 0.109. The van der Waals surface area contributed by atoms with Crippen LogP contribution >= 0.6 is 0 Å². The topological polar surface area (TPSA) is 54.0 Å². The van der Waals surface area contributed by atoms with Gasteiger partial charge in [-0.2, -0.15) is 0 Å². The molecule has 0 bridgehead atoms. The maximum Gasteiger partial charge on any atom is 0.183 e. The molecule has 0 aliphatic carbocycles. The summed E-state index contributed by atoms with van der Waals surface area (Å²) in [6.45, 7) is 0. The molecule has 0 heterocycles. The van der Waals surface area contributed by atoms with Crippen molar-refractivity contribution in [3.05, 3.63) is 23.3 Å². The molecule has 0 saturated heterocycles. The van der Waals surface area contributed by atoms with Gasteiger partial charge in [-0.3, -0.25) is 4.79 Å². The standard InChI is InChI=1S/C12H16O5/c1-14-10-5-8(7-13)9(6-11(10)15-2)12(16-3)17-4/h5-7,12H,1-4H3. The van der Waals surface area contributed by atoms with Gasteiger partial charge in [0.2, 0.25) is 0 Å². The summed E-state index contributed by atoms with van der Waals surface area (Å²) < 4.78 is 20.5. The summed E-state index contributed by atoms with van der Waals surface area (Å²) in [4.78, 5) is 11.0. The third-order valence-corrected chi connectivity index (χ3v) is 2.40. The molecular weight excluding hydrogens is 224 g/mol. The maximum absolute atomic E-state index is 11.0. The lowest BCUT2D eigenvalue weighted by Gasteiger charge is -2.18. The van der Waals surface area contributed by atoms with Crippen LogP contribution in [0.1, 0.15) is 22.2 Å². The molecule has 0 radical (unpaired) electrons. The Morgan fingerprint density at radius 3 is 1.94 bits per heavy atom. The number of rotatable bonds is 6. The average Bonchev–Trinajstić information content (AvgIpc) is 2.39. The number of hydrogen-bond acceptors (Lipinski definition) is 5. The van der Waals surface area contributed by atoms with Crippen LogP contribution in [0, 0.1) is 0 Å². The molecule has 0 N–H and O–H groups in total. The molecule has 0 saturated carbocycles. The summed E-state index contributed by atoms with van der Waals surface area (Å²) in [5.41, 5.74) is 1.04. The number of ether oxygens (including phenoxy) is 4. The monoisotopic (exact) mass is 240 g/mol. The van der Waals surface area contributed by atoms with Crippen LogP contribution in [0.15, 0.2) is 12.1 Å². The number of hydrogen-bond donors (Lipinski definition) is 0. The van der Waals surface area contributed by atoms with E-state index in [4.69, 9.17) is 18.9 Å². The molecule has 5 heteroatoms. The highest BCUT2D eigenvalue weighted by Gasteiger charge is 2.18. The van der Waals surface area contributed by atoms with Crippen molar-refractivity contribution in [1.29, 1.82) is 0 Å². The second-order valence-corrected chi connectivity index (χ2v) is 3.26. The number of methoxy groups -OCH3 is 4. The largest absolute Gasteiger partial charge is 0.493 e. The van der Waals surface area contributed by atoms with E-state index in [1.807, 2.05) is 0 Å². The minimum atomic E-state index is -0.616. The summed E-state index contributed by atoms with van der Waals surface area (Å²) in [5.74, 6) is 1.01. The molecule has 1 aromatic rings. The number of carbonyl (C=O) groups excluding carboxylic acids is 1. The third-order valence-electron chi connectivity index (χ3n) is 2.40. The molecule has 17 heavy (non-hydrogen) atoms. The minimum Gasteiger partial charge on any atom is -0.493 e. The lowest BCUT2D eigenvalue weighted by atomic mass is 10.1. The van der Waals surface area contributed by atoms with E-state index in [9.17, 15) is 4.79 Å². The highest BCUT2D eigenvalue weighted by atomic mass is 16.7. The van der Waals surface area contributed by atoms with Gasteiger partial charge in [0.15, 0.2) is 24.1 Å². The van der Waals surface area contributed by atoms with Crippen LogP contribution in [0.3, 0.4) is 0 Å². The van der Waals surface area contributed by atoms with Gasteiger partial charge in [0.05, 0.1) is 14.2 Å². The predicted octanol–water partition coefficient (Wildman–Crippen LogP) is 1.81. The van der Waals surface area contributed by atoms with Gasteiger partial charge < -0.3 is 18.9 Å². The molecule has 0 aromatic heterocycles. The fourth-order valence-corrected chi connectivity index (χ4v) is 1.57. The molecule has 0 amide bonds. The quantitative estimate of drug-likeness (QED) is 0.560. The van der Waals surface area contributed by atoms with Crippen molar-refractivity contribution in [2.45, 2.75) is 6.29 Å². The van der Waals surface area contributed by atoms with Crippen LogP contribution in [-0.2, 0) is 9.47 Å². The zero-order chi connectivity index (χ0) is 12.8. The van der Waals surface area contributed by atoms with Gasteiger partial charge >= 0.3 is 0 Å². The summed E-state index contributed by atoms with van der Waals surface area (Å²) >= 11 is 0. The molecule has 0 unspecified atom stereocenters. The Morgan fingerprint density at radius 2 is 1.53 bits per heavy atom. The lowest BCUT2D eigenvalue weighted by molar-refractivity contribution is -0.106. The second kappa shape index (κ2) is 6.22. The molecule has 0 atom stereocenters. The van der Waals surface area contributed by atoms with Crippen LogP contribution in [0.25, 0.3) is 0 Å². The van der Waals surface area contributed by atoms with E-state index >= 15 is 0 Å². The third kappa shape index (κ3) is 2.75. The molecule has 94 valence electrons. The van der Waals surface area contributed by atoms with Crippen molar-refractivity contribution in [3.63, 3.8) is 0 Å². The molecule has 0 spiro atoms. The second-order valence-electron chi connectivity index (χ2n) is 3.26. The highest BCUT2D eigenvalue weighted by molar-refractivity contribution is 5.79. The Hall–Kier alpha value is -1.59. The van der Waals surface area contributed by atoms with Crippen molar-refractivity contribution in [2.24, 2.45) is 0 Å². The average molecular weight is 240 g/mol. The van der Waals surface area contributed by atoms with E-state index in [1.165, 1.54) is 28.4 Å². The Morgan fingerprint density at radius 1 is 1.00 bits per heavy atom. The van der Waals surface area contributed by atoms with Crippen molar-refractivity contribution in [1.82, 2.24) is 0 Å². The van der Waals surface area contributed by atoms with Crippen LogP contribution in [0.4, 0.5) is 0 Å². The van der Waals surface area contributed by atoms with E-state index in [2.05, 4.69) is 0 Å². The van der Waals surface area contributed by atoms with Gasteiger partial charge in [-0.1, -0.05) is 0 Å². The lowest BCUT2D eigenvalue weighted by Crippen LogP contribution is -2.08. The van der Waals surface area contributed by atoms with Crippen molar-refractivity contribution in [3.8, 4) is 11.5 Å². The van der Waals surface area contributed by atoms with E-state index in [0.29, 0.717) is 22.6 Å². The minimum absolute atomic E-state index is 0.441. The first-order valence-corrected chi connectivity index (χ1v) is 4.98. The first kappa shape index (κ1) is 13.5. The van der Waals surface area contributed by atoms with Crippen molar-refractivity contribution in [2.75, 3.05) is 28.4 Å². The molecule has 0 aliphatic rings. The van der Waals surface area contributed by atoms with Crippen LogP contribution in [0.5, 0.6) is 11.5 Å². The molecule has 0 fully saturated rings. The molecule has 1 aromatic carbocycles. The molecular formula is C12H16O5. The van der Waals surface area contributed by atoms with Gasteiger partial charge in [0.25, 0.3) is 0 Å². The number of carbonyl (C=O) groups is 1. The zero-order valence-corrected chi connectivity index (χ0v) is 10.4. The van der Waals surface area contributed by atoms with E-state index < -0.39 is 6.29 Å². The Kier molecular flexibility index (Phi) is 4.93. The van der Waals surface area contributed by atoms with Gasteiger partial charge in [0.1, 0.15) is 0 Å². The fraction of sp³-hybridized carbons (Fsp3) is 0.417. The molecule has 1 rings (SSSR count). The van der Waals surface area contributed by atoms with Crippen molar-refractivity contribution < 1.29 is 23.7 Å². The Labute approximate surface area is 100 Å². The first-order valence-electron chi connectivity index (χ1n) is 4.98. The van der Waals surface area contributed by atoms with Gasteiger partial charge in [-0.05, 0) is 12.1 Å². The summed E-state index contributed by atoms with van der Waals surface area (Å²) in [6, 6.07) is 3.26. The highest BCUT2D eigenvalue weighted by Crippen LogP contribution is 2.33. The van der Waals surface area contributed by atoms with Crippen LogP contribution in [0.2, 0.25) is 0 Å². The predicted molar refractivity (Wildman–Crippen MR) is 61.7 cm³/mol. The zero-order valence-electron chi connectivity index (χ0n) is 10.4. The van der Waals surface area contributed by atoms with E-state index in [-0.39, 0.29) is 0 Å². The van der Waals surface area contributed by atoms with E-state index in [1.54, 1.807) is 12.1 Å². The summed E-state index contributed by atoms with van der Waals surface area (Å²) in [5, 5.41) is 0.